The lowest BCUT2D eigenvalue weighted by Gasteiger charge is -2.16. The first-order valence-corrected chi connectivity index (χ1v) is 10.6. The van der Waals surface area contributed by atoms with Gasteiger partial charge < -0.3 is 9.32 Å². The second-order valence-corrected chi connectivity index (χ2v) is 8.21. The Labute approximate surface area is 195 Å². The summed E-state index contributed by atoms with van der Waals surface area (Å²) in [5.74, 6) is -0.768. The number of hydrogen-bond donors (Lipinski definition) is 0. The smallest absolute Gasteiger partial charge is 0.420 e. The molecule has 0 N–H and O–H groups in total. The zero-order valence-corrected chi connectivity index (χ0v) is 18.2. The molecule has 5 rings (SSSR count). The second-order valence-electron chi connectivity index (χ2n) is 7.86. The molecule has 1 aliphatic rings. The number of imidazole rings is 1. The van der Waals surface area contributed by atoms with Crippen molar-refractivity contribution in [2.45, 2.75) is 12.6 Å². The Morgan fingerprint density at radius 3 is 2.68 bits per heavy atom. The van der Waals surface area contributed by atoms with Crippen molar-refractivity contribution in [1.29, 1.82) is 0 Å². The summed E-state index contributed by atoms with van der Waals surface area (Å²) in [5.41, 5.74) is 0.418. The van der Waals surface area contributed by atoms with Crippen molar-refractivity contribution in [3.05, 3.63) is 89.0 Å². The number of amides is 1. The van der Waals surface area contributed by atoms with Crippen LogP contribution in [0.4, 0.5) is 17.6 Å². The molecule has 4 heterocycles. The summed E-state index contributed by atoms with van der Waals surface area (Å²) in [7, 11) is 0. The lowest BCUT2D eigenvalue weighted by atomic mass is 10.1. The quantitative estimate of drug-likeness (QED) is 0.337. The third-order valence-electron chi connectivity index (χ3n) is 5.70. The van der Waals surface area contributed by atoms with Crippen LogP contribution in [0.1, 0.15) is 16.8 Å². The largest absolute Gasteiger partial charge is 0.472 e. The molecule has 1 amide bonds. The lowest BCUT2D eigenvalue weighted by molar-refractivity contribution is -0.136. The Kier molecular flexibility index (Phi) is 5.44. The van der Waals surface area contributed by atoms with Crippen molar-refractivity contribution in [3.63, 3.8) is 0 Å². The van der Waals surface area contributed by atoms with Crippen LogP contribution >= 0.6 is 11.6 Å². The van der Waals surface area contributed by atoms with Crippen molar-refractivity contribution >= 4 is 28.7 Å². The number of benzene rings is 1. The first-order chi connectivity index (χ1) is 16.2. The third kappa shape index (κ3) is 3.96. The topological polar surface area (TPSA) is 50.8 Å². The number of nitrogens with zero attached hydrogens (tertiary/aromatic N) is 3. The Morgan fingerprint density at radius 2 is 1.97 bits per heavy atom. The van der Waals surface area contributed by atoms with Gasteiger partial charge in [0, 0.05) is 36.0 Å². The van der Waals surface area contributed by atoms with Gasteiger partial charge in [-0.05, 0) is 23.8 Å². The monoisotopic (exact) mass is 489 g/mol. The average Bonchev–Trinajstić information content (AvgIpc) is 3.54. The number of carbonyl (C=O) groups is 1. The van der Waals surface area contributed by atoms with Gasteiger partial charge in [-0.3, -0.25) is 9.20 Å². The fraction of sp³-hybridized carbons (Fsp3) is 0.167. The molecule has 0 saturated carbocycles. The van der Waals surface area contributed by atoms with E-state index in [1.807, 2.05) is 0 Å². The Hall–Kier alpha value is -3.59. The van der Waals surface area contributed by atoms with Gasteiger partial charge in [-0.25, -0.2) is 9.37 Å². The predicted octanol–water partition coefficient (Wildman–Crippen LogP) is 5.87. The molecule has 174 valence electrons. The van der Waals surface area contributed by atoms with Crippen LogP contribution in [-0.4, -0.2) is 33.3 Å². The van der Waals surface area contributed by atoms with Crippen LogP contribution in [0, 0.1) is 5.82 Å². The molecule has 34 heavy (non-hydrogen) atoms. The van der Waals surface area contributed by atoms with Crippen molar-refractivity contribution < 1.29 is 26.8 Å². The van der Waals surface area contributed by atoms with E-state index in [0.717, 1.165) is 10.5 Å². The van der Waals surface area contributed by atoms with Gasteiger partial charge in [-0.1, -0.05) is 35.9 Å². The predicted molar refractivity (Wildman–Crippen MR) is 118 cm³/mol. The number of hydrogen-bond acceptors (Lipinski definition) is 3. The van der Waals surface area contributed by atoms with Gasteiger partial charge in [-0.15, -0.1) is 0 Å². The normalized spacial score (nSPS) is 14.1. The number of pyridine rings is 1. The molecule has 0 unspecified atom stereocenters. The molecular formula is C24H16ClF4N3O2. The summed E-state index contributed by atoms with van der Waals surface area (Å²) in [6, 6.07) is 8.76. The molecule has 1 aliphatic heterocycles. The van der Waals surface area contributed by atoms with E-state index in [4.69, 9.17) is 16.0 Å². The fourth-order valence-corrected chi connectivity index (χ4v) is 4.23. The number of halogens is 5. The van der Waals surface area contributed by atoms with Crippen LogP contribution in [0.3, 0.4) is 0 Å². The van der Waals surface area contributed by atoms with Gasteiger partial charge in [0.15, 0.2) is 5.65 Å². The molecule has 0 aliphatic carbocycles. The van der Waals surface area contributed by atoms with Crippen LogP contribution in [0.15, 0.2) is 65.6 Å². The zero-order valence-electron chi connectivity index (χ0n) is 17.4. The van der Waals surface area contributed by atoms with Crippen molar-refractivity contribution in [2.24, 2.45) is 0 Å². The molecule has 3 aromatic heterocycles. The summed E-state index contributed by atoms with van der Waals surface area (Å²) in [4.78, 5) is 18.4. The van der Waals surface area contributed by atoms with E-state index in [-0.39, 0.29) is 53.3 Å². The van der Waals surface area contributed by atoms with Gasteiger partial charge in [0.2, 0.25) is 5.91 Å². The zero-order chi connectivity index (χ0) is 24.0. The minimum Gasteiger partial charge on any atom is -0.472 e. The molecule has 0 fully saturated rings. The van der Waals surface area contributed by atoms with E-state index in [2.05, 4.69) is 4.98 Å². The Morgan fingerprint density at radius 1 is 1.18 bits per heavy atom. The SMILES string of the molecule is O=C(Cc1nc2c(C(F)(F)F)cc(-c3ccoc3)cn2c1Cl)N1CC=C(c2ccccc2F)C1. The van der Waals surface area contributed by atoms with E-state index in [0.29, 0.717) is 16.7 Å². The highest BCUT2D eigenvalue weighted by Crippen LogP contribution is 2.37. The van der Waals surface area contributed by atoms with Crippen molar-refractivity contribution in [1.82, 2.24) is 14.3 Å². The minimum atomic E-state index is -4.69. The highest BCUT2D eigenvalue weighted by Gasteiger charge is 2.36. The number of alkyl halides is 3. The summed E-state index contributed by atoms with van der Waals surface area (Å²) >= 11 is 6.39. The molecule has 0 bridgehead atoms. The molecule has 0 saturated heterocycles. The molecule has 1 aromatic carbocycles. The van der Waals surface area contributed by atoms with Crippen molar-refractivity contribution in [2.75, 3.05) is 13.1 Å². The van der Waals surface area contributed by atoms with Crippen LogP contribution in [0.25, 0.3) is 22.3 Å². The molecule has 10 heteroatoms. The molecule has 4 aromatic rings. The van der Waals surface area contributed by atoms with E-state index in [1.165, 1.54) is 35.8 Å². The second kappa shape index (κ2) is 8.32. The van der Waals surface area contributed by atoms with Crippen LogP contribution < -0.4 is 0 Å². The minimum absolute atomic E-state index is 0.0286. The van der Waals surface area contributed by atoms with Gasteiger partial charge in [0.1, 0.15) is 11.0 Å². The number of furan rings is 1. The lowest BCUT2D eigenvalue weighted by Crippen LogP contribution is -2.30. The summed E-state index contributed by atoms with van der Waals surface area (Å²) in [6.07, 6.45) is 0.866. The van der Waals surface area contributed by atoms with Gasteiger partial charge in [0.05, 0.1) is 30.2 Å². The molecule has 5 nitrogen and oxygen atoms in total. The summed E-state index contributed by atoms with van der Waals surface area (Å²) < 4.78 is 61.6. The van der Waals surface area contributed by atoms with Crippen LogP contribution in [0.2, 0.25) is 5.15 Å². The Balaban J connectivity index is 1.44. The average molecular weight is 490 g/mol. The third-order valence-corrected chi connectivity index (χ3v) is 6.10. The maximum absolute atomic E-state index is 14.1. The molecule has 0 spiro atoms. The first-order valence-electron chi connectivity index (χ1n) is 10.2. The molecule has 0 atom stereocenters. The fourth-order valence-electron chi connectivity index (χ4n) is 3.99. The molecular weight excluding hydrogens is 474 g/mol. The maximum Gasteiger partial charge on any atom is 0.420 e. The highest BCUT2D eigenvalue weighted by atomic mass is 35.5. The number of rotatable bonds is 4. The Bertz CT molecular complexity index is 1420. The van der Waals surface area contributed by atoms with E-state index < -0.39 is 11.7 Å². The van der Waals surface area contributed by atoms with E-state index in [1.54, 1.807) is 24.3 Å². The van der Waals surface area contributed by atoms with Gasteiger partial charge in [-0.2, -0.15) is 13.2 Å². The highest BCUT2D eigenvalue weighted by molar-refractivity contribution is 6.30. The summed E-state index contributed by atoms with van der Waals surface area (Å²) in [6.45, 7) is 0.440. The van der Waals surface area contributed by atoms with Crippen LogP contribution in [-0.2, 0) is 17.4 Å². The van der Waals surface area contributed by atoms with E-state index >= 15 is 0 Å². The van der Waals surface area contributed by atoms with Crippen LogP contribution in [0.5, 0.6) is 0 Å². The summed E-state index contributed by atoms with van der Waals surface area (Å²) in [5, 5.41) is -0.0827. The van der Waals surface area contributed by atoms with Gasteiger partial charge >= 0.3 is 6.18 Å². The number of carbonyl (C=O) groups excluding carboxylic acids is 1. The van der Waals surface area contributed by atoms with Gasteiger partial charge in [0.25, 0.3) is 0 Å². The number of fused-ring (bicyclic) bond motifs is 1. The van der Waals surface area contributed by atoms with E-state index in [9.17, 15) is 22.4 Å². The van der Waals surface area contributed by atoms with Crippen molar-refractivity contribution in [3.8, 4) is 11.1 Å². The maximum atomic E-state index is 14.1. The first kappa shape index (κ1) is 22.2. The molecule has 0 radical (unpaired) electrons. The standard InChI is InChI=1S/C24H16ClF4N3O2/c25-22-20(10-21(33)31-7-5-14(11-31)17-3-1-2-4-19(17)26)30-23-18(24(27,28)29)9-16(12-32(22)23)15-6-8-34-13-15/h1-6,8-9,12-13H,7,10-11H2. The number of aromatic nitrogens is 2.